The predicted molar refractivity (Wildman–Crippen MR) is 190 cm³/mol. The highest BCUT2D eigenvalue weighted by atomic mass is 16.6. The Morgan fingerprint density at radius 3 is 2.41 bits per heavy atom. The first-order valence-electron chi connectivity index (χ1n) is 18.3. The molecule has 264 valence electrons. The Kier molecular flexibility index (Phi) is 11.5. The van der Waals surface area contributed by atoms with E-state index >= 15 is 0 Å². The van der Waals surface area contributed by atoms with Gasteiger partial charge in [-0.3, -0.25) is 14.4 Å². The SMILES string of the molecule is COc1ccc(C2CCC(CN(C(=O)C3CCC(OC(=O)NC4CCOCC4)CC3)c3cc(-c4cnn(C(C)C)c4)ccn3)CC2)cc1C. The zero-order valence-electron chi connectivity index (χ0n) is 29.6. The fourth-order valence-electron chi connectivity index (χ4n) is 7.75. The molecule has 2 aromatic heterocycles. The highest BCUT2D eigenvalue weighted by Crippen LogP contribution is 2.39. The third-order valence-electron chi connectivity index (χ3n) is 10.8. The van der Waals surface area contributed by atoms with Gasteiger partial charge >= 0.3 is 6.09 Å². The normalized spacial score (nSPS) is 23.2. The van der Waals surface area contributed by atoms with E-state index in [1.807, 2.05) is 34.1 Å². The first kappa shape index (κ1) is 34.9. The Hall–Kier alpha value is -3.92. The van der Waals surface area contributed by atoms with Crippen molar-refractivity contribution in [1.29, 1.82) is 0 Å². The van der Waals surface area contributed by atoms with Gasteiger partial charge < -0.3 is 19.5 Å². The molecule has 49 heavy (non-hydrogen) atoms. The molecule has 2 aliphatic carbocycles. The van der Waals surface area contributed by atoms with Crippen molar-refractivity contribution < 1.29 is 23.8 Å². The maximum absolute atomic E-state index is 14.4. The molecule has 1 aromatic carbocycles. The monoisotopic (exact) mass is 671 g/mol. The highest BCUT2D eigenvalue weighted by molar-refractivity contribution is 5.94. The molecule has 0 spiro atoms. The average Bonchev–Trinajstić information content (AvgIpc) is 3.63. The minimum atomic E-state index is -0.356. The first-order valence-corrected chi connectivity index (χ1v) is 18.3. The highest BCUT2D eigenvalue weighted by Gasteiger charge is 2.34. The molecular formula is C39H53N5O5. The molecule has 1 saturated heterocycles. The standard InChI is InChI=1S/C39H53N5O5/c1-26(2)44-25-33(23-41-44)32-15-18-40-37(22-32)43(24-28-5-7-29(8-6-28)31-11-14-36(47-4)27(3)21-31)38(45)30-9-12-35(13-10-30)49-39(46)42-34-16-19-48-20-17-34/h11,14-15,18,21-23,25-26,28-30,34-35H,5-10,12-13,16-17,19-20,24H2,1-4H3,(H,42,46). The number of ether oxygens (including phenoxy) is 3. The van der Waals surface area contributed by atoms with Gasteiger partial charge in [0.15, 0.2) is 0 Å². The molecule has 3 heterocycles. The van der Waals surface area contributed by atoms with Crippen molar-refractivity contribution in [2.75, 3.05) is 31.8 Å². The van der Waals surface area contributed by atoms with Crippen LogP contribution < -0.4 is 15.0 Å². The molecule has 1 N–H and O–H groups in total. The summed E-state index contributed by atoms with van der Waals surface area (Å²) in [5.41, 5.74) is 4.56. The lowest BCUT2D eigenvalue weighted by Gasteiger charge is -2.36. The number of alkyl carbamates (subject to hydrolysis) is 1. The van der Waals surface area contributed by atoms with E-state index in [1.165, 1.54) is 11.1 Å². The summed E-state index contributed by atoms with van der Waals surface area (Å²) in [6.45, 7) is 8.30. The molecule has 3 fully saturated rings. The lowest BCUT2D eigenvalue weighted by Crippen LogP contribution is -2.43. The summed E-state index contributed by atoms with van der Waals surface area (Å²) in [6, 6.07) is 11.0. The topological polar surface area (TPSA) is 108 Å². The van der Waals surface area contributed by atoms with Crippen LogP contribution in [0.5, 0.6) is 5.75 Å². The Balaban J connectivity index is 1.13. The summed E-state index contributed by atoms with van der Waals surface area (Å²) in [5.74, 6) is 2.52. The lowest BCUT2D eigenvalue weighted by molar-refractivity contribution is -0.124. The van der Waals surface area contributed by atoms with Gasteiger partial charge in [-0.15, -0.1) is 0 Å². The van der Waals surface area contributed by atoms with Gasteiger partial charge in [-0.2, -0.15) is 5.10 Å². The van der Waals surface area contributed by atoms with Gasteiger partial charge in [0.05, 0.1) is 13.3 Å². The van der Waals surface area contributed by atoms with Crippen molar-refractivity contribution in [3.8, 4) is 16.9 Å². The van der Waals surface area contributed by atoms with E-state index in [2.05, 4.69) is 55.6 Å². The second-order valence-corrected chi connectivity index (χ2v) is 14.5. The number of carbonyl (C=O) groups is 2. The van der Waals surface area contributed by atoms with Crippen LogP contribution in [0.1, 0.15) is 101 Å². The Labute approximate surface area is 290 Å². The molecule has 0 radical (unpaired) electrons. The number of aryl methyl sites for hydroxylation is 1. The first-order chi connectivity index (χ1) is 23.8. The number of hydrogen-bond acceptors (Lipinski definition) is 7. The predicted octanol–water partition coefficient (Wildman–Crippen LogP) is 7.61. The molecule has 2 amide bonds. The van der Waals surface area contributed by atoms with Gasteiger partial charge in [-0.25, -0.2) is 9.78 Å². The Bertz CT molecular complexity index is 1550. The van der Waals surface area contributed by atoms with E-state index in [4.69, 9.17) is 19.2 Å². The van der Waals surface area contributed by atoms with Gasteiger partial charge in [0.25, 0.3) is 0 Å². The van der Waals surface area contributed by atoms with Crippen LogP contribution in [0.4, 0.5) is 10.6 Å². The Morgan fingerprint density at radius 1 is 0.980 bits per heavy atom. The second-order valence-electron chi connectivity index (χ2n) is 14.5. The number of carbonyl (C=O) groups excluding carboxylic acids is 2. The van der Waals surface area contributed by atoms with E-state index < -0.39 is 0 Å². The molecule has 6 rings (SSSR count). The van der Waals surface area contributed by atoms with Gasteiger partial charge in [0.2, 0.25) is 5.91 Å². The van der Waals surface area contributed by atoms with E-state index in [1.54, 1.807) is 7.11 Å². The van der Waals surface area contributed by atoms with Crippen molar-refractivity contribution in [2.45, 2.75) is 109 Å². The zero-order chi connectivity index (χ0) is 34.3. The van der Waals surface area contributed by atoms with Gasteiger partial charge in [0, 0.05) is 55.7 Å². The number of amides is 2. The minimum Gasteiger partial charge on any atom is -0.496 e. The Morgan fingerprint density at radius 2 is 1.73 bits per heavy atom. The number of nitrogens with zero attached hydrogens (tertiary/aromatic N) is 4. The van der Waals surface area contributed by atoms with Crippen molar-refractivity contribution in [2.24, 2.45) is 11.8 Å². The molecule has 3 aliphatic rings. The largest absolute Gasteiger partial charge is 0.496 e. The van der Waals surface area contributed by atoms with Crippen molar-refractivity contribution in [1.82, 2.24) is 20.1 Å². The third-order valence-corrected chi connectivity index (χ3v) is 10.8. The molecule has 0 atom stereocenters. The van der Waals surface area contributed by atoms with Gasteiger partial charge in [0.1, 0.15) is 17.7 Å². The maximum atomic E-state index is 14.4. The van der Waals surface area contributed by atoms with Gasteiger partial charge in [-0.05, 0) is 132 Å². The van der Waals surface area contributed by atoms with Crippen LogP contribution >= 0.6 is 0 Å². The molecule has 2 saturated carbocycles. The molecule has 0 bridgehead atoms. The minimum absolute atomic E-state index is 0.103. The molecule has 10 heteroatoms. The number of aromatic nitrogens is 3. The van der Waals surface area contributed by atoms with Crippen LogP contribution in [0.15, 0.2) is 48.9 Å². The molecular weight excluding hydrogens is 618 g/mol. The molecule has 10 nitrogen and oxygen atoms in total. The number of pyridine rings is 1. The van der Waals surface area contributed by atoms with Crippen molar-refractivity contribution in [3.63, 3.8) is 0 Å². The summed E-state index contributed by atoms with van der Waals surface area (Å²) < 4.78 is 18.6. The van der Waals surface area contributed by atoms with Crippen LogP contribution in [-0.2, 0) is 14.3 Å². The summed E-state index contributed by atoms with van der Waals surface area (Å²) in [5, 5.41) is 7.54. The van der Waals surface area contributed by atoms with Crippen LogP contribution in [-0.4, -0.2) is 65.8 Å². The second kappa shape index (κ2) is 16.2. The lowest BCUT2D eigenvalue weighted by atomic mass is 9.78. The fraction of sp³-hybridized carbons (Fsp3) is 0.590. The van der Waals surface area contributed by atoms with Crippen LogP contribution in [0, 0.1) is 18.8 Å². The smallest absolute Gasteiger partial charge is 0.407 e. The van der Waals surface area contributed by atoms with Crippen LogP contribution in [0.3, 0.4) is 0 Å². The maximum Gasteiger partial charge on any atom is 0.407 e. The number of anilines is 1. The number of nitrogens with one attached hydrogen (secondary N) is 1. The van der Waals surface area contributed by atoms with Crippen molar-refractivity contribution >= 4 is 17.8 Å². The summed E-state index contributed by atoms with van der Waals surface area (Å²) in [4.78, 5) is 33.7. The van der Waals surface area contributed by atoms with E-state index in [0.717, 1.165) is 55.4 Å². The average molecular weight is 672 g/mol. The number of hydrogen-bond donors (Lipinski definition) is 1. The third kappa shape index (κ3) is 8.82. The van der Waals surface area contributed by atoms with Crippen LogP contribution in [0.25, 0.3) is 11.1 Å². The number of rotatable bonds is 10. The van der Waals surface area contributed by atoms with Crippen LogP contribution in [0.2, 0.25) is 0 Å². The van der Waals surface area contributed by atoms with Gasteiger partial charge in [-0.1, -0.05) is 12.1 Å². The summed E-state index contributed by atoms with van der Waals surface area (Å²) in [6.07, 6.45) is 13.9. The van der Waals surface area contributed by atoms with E-state index in [9.17, 15) is 9.59 Å². The molecule has 1 aliphatic heterocycles. The number of benzene rings is 1. The molecule has 3 aromatic rings. The summed E-state index contributed by atoms with van der Waals surface area (Å²) >= 11 is 0. The summed E-state index contributed by atoms with van der Waals surface area (Å²) in [7, 11) is 1.72. The number of methoxy groups -OCH3 is 1. The zero-order valence-corrected chi connectivity index (χ0v) is 29.6. The quantitative estimate of drug-likeness (QED) is 0.236. The molecule has 0 unspecified atom stereocenters. The van der Waals surface area contributed by atoms with E-state index in [0.29, 0.717) is 63.1 Å². The fourth-order valence-corrected chi connectivity index (χ4v) is 7.75. The van der Waals surface area contributed by atoms with Crippen molar-refractivity contribution in [3.05, 3.63) is 60.0 Å². The van der Waals surface area contributed by atoms with E-state index in [-0.39, 0.29) is 36.1 Å².